The average molecular weight is 503 g/mol. The van der Waals surface area contributed by atoms with Gasteiger partial charge >= 0.3 is 5.97 Å². The predicted molar refractivity (Wildman–Crippen MR) is 135 cm³/mol. The highest BCUT2D eigenvalue weighted by molar-refractivity contribution is 5.94. The molecular formula is C23H34N8O5. The van der Waals surface area contributed by atoms with E-state index in [1.807, 2.05) is 24.3 Å². The van der Waals surface area contributed by atoms with Gasteiger partial charge in [0.25, 0.3) is 0 Å². The van der Waals surface area contributed by atoms with Gasteiger partial charge in [-0.15, -0.1) is 0 Å². The van der Waals surface area contributed by atoms with E-state index in [9.17, 15) is 24.3 Å². The van der Waals surface area contributed by atoms with Crippen molar-refractivity contribution >= 4 is 40.6 Å². The van der Waals surface area contributed by atoms with Crippen LogP contribution >= 0.6 is 0 Å². The molecule has 0 aliphatic rings. The number of aliphatic carboxylic acids is 1. The maximum atomic E-state index is 12.8. The average Bonchev–Trinajstić information content (AvgIpc) is 3.22. The van der Waals surface area contributed by atoms with Crippen LogP contribution < -0.4 is 33.2 Å². The van der Waals surface area contributed by atoms with Gasteiger partial charge in [-0.25, -0.2) is 4.79 Å². The van der Waals surface area contributed by atoms with Crippen molar-refractivity contribution in [3.05, 3.63) is 36.0 Å². The molecule has 13 heteroatoms. The third-order valence-corrected chi connectivity index (χ3v) is 5.46. The Morgan fingerprint density at radius 1 is 1.00 bits per heavy atom. The van der Waals surface area contributed by atoms with Gasteiger partial charge in [0.2, 0.25) is 17.7 Å². The molecule has 4 atom stereocenters. The van der Waals surface area contributed by atoms with Crippen LogP contribution in [0, 0.1) is 0 Å². The number of aromatic nitrogens is 1. The molecule has 0 spiro atoms. The van der Waals surface area contributed by atoms with E-state index < -0.39 is 47.9 Å². The molecule has 0 aliphatic carbocycles. The number of H-pyrrole nitrogens is 1. The summed E-state index contributed by atoms with van der Waals surface area (Å²) in [6.45, 7) is 3.13. The Morgan fingerprint density at radius 3 is 2.31 bits per heavy atom. The first-order valence-corrected chi connectivity index (χ1v) is 11.5. The van der Waals surface area contributed by atoms with E-state index in [1.54, 1.807) is 6.20 Å². The molecule has 0 saturated carbocycles. The number of hydrogen-bond donors (Lipinski definition) is 8. The Kier molecular flexibility index (Phi) is 10.2. The molecule has 2 rings (SSSR count). The molecule has 36 heavy (non-hydrogen) atoms. The van der Waals surface area contributed by atoms with E-state index in [1.165, 1.54) is 13.8 Å². The number of nitrogens with two attached hydrogens (primary N) is 3. The lowest BCUT2D eigenvalue weighted by atomic mass is 10.0. The van der Waals surface area contributed by atoms with Crippen LogP contribution in [-0.2, 0) is 25.6 Å². The first kappa shape index (κ1) is 28.1. The van der Waals surface area contributed by atoms with Crippen LogP contribution in [-0.4, -0.2) is 70.5 Å². The number of nitrogens with one attached hydrogen (secondary N) is 4. The molecule has 196 valence electrons. The van der Waals surface area contributed by atoms with Crippen molar-refractivity contribution in [3.63, 3.8) is 0 Å². The SMILES string of the molecule is CC(N)C(=O)NC(CCCN=C(N)N)C(=O)NC(C)C(=O)NC(Cc1c[nH]c2ccccc12)C(=O)O. The molecule has 0 radical (unpaired) electrons. The summed E-state index contributed by atoms with van der Waals surface area (Å²) in [5.74, 6) is -3.16. The first-order chi connectivity index (χ1) is 17.0. The van der Waals surface area contributed by atoms with Gasteiger partial charge in [-0.05, 0) is 38.3 Å². The van der Waals surface area contributed by atoms with Crippen molar-refractivity contribution in [2.75, 3.05) is 6.54 Å². The number of carboxylic acids is 1. The van der Waals surface area contributed by atoms with E-state index in [0.29, 0.717) is 6.42 Å². The molecule has 0 aliphatic heterocycles. The fourth-order valence-corrected chi connectivity index (χ4v) is 3.47. The molecule has 1 heterocycles. The summed E-state index contributed by atoms with van der Waals surface area (Å²) in [5.41, 5.74) is 17.7. The second-order valence-corrected chi connectivity index (χ2v) is 8.49. The Labute approximate surface area is 208 Å². The molecule has 3 amide bonds. The summed E-state index contributed by atoms with van der Waals surface area (Å²) in [6.07, 6.45) is 2.31. The standard InChI is InChI=1S/C23H34N8O5/c1-12(24)19(32)30-17(8-5-9-27-23(25)26)21(34)29-13(2)20(33)31-18(22(35)36)10-14-11-28-16-7-4-3-6-15(14)16/h3-4,6-7,11-13,17-18,28H,5,8-10,24H2,1-2H3,(H,29,34)(H,30,32)(H,31,33)(H,35,36)(H4,25,26,27). The Bertz CT molecular complexity index is 1110. The smallest absolute Gasteiger partial charge is 0.326 e. The summed E-state index contributed by atoms with van der Waals surface area (Å²) in [7, 11) is 0. The maximum absolute atomic E-state index is 12.8. The minimum atomic E-state index is -1.22. The number of aromatic amines is 1. The zero-order valence-electron chi connectivity index (χ0n) is 20.3. The van der Waals surface area contributed by atoms with E-state index in [0.717, 1.165) is 16.5 Å². The topological polar surface area (TPSA) is 231 Å². The highest BCUT2D eigenvalue weighted by atomic mass is 16.4. The fraction of sp³-hybridized carbons (Fsp3) is 0.435. The van der Waals surface area contributed by atoms with Gasteiger partial charge in [0.15, 0.2) is 5.96 Å². The molecule has 0 bridgehead atoms. The maximum Gasteiger partial charge on any atom is 0.326 e. The first-order valence-electron chi connectivity index (χ1n) is 11.5. The van der Waals surface area contributed by atoms with Crippen LogP contribution in [0.25, 0.3) is 10.9 Å². The number of carbonyl (C=O) groups excluding carboxylic acids is 3. The second kappa shape index (κ2) is 13.1. The number of rotatable bonds is 13. The highest BCUT2D eigenvalue weighted by Gasteiger charge is 2.28. The van der Waals surface area contributed by atoms with E-state index in [-0.39, 0.29) is 25.3 Å². The number of benzene rings is 1. The molecule has 11 N–H and O–H groups in total. The number of guanidine groups is 1. The fourth-order valence-electron chi connectivity index (χ4n) is 3.47. The summed E-state index contributed by atoms with van der Waals surface area (Å²) < 4.78 is 0. The predicted octanol–water partition coefficient (Wildman–Crippen LogP) is -1.33. The molecule has 0 saturated heterocycles. The van der Waals surface area contributed by atoms with Crippen LogP contribution in [0.15, 0.2) is 35.5 Å². The Balaban J connectivity index is 2.02. The van der Waals surface area contributed by atoms with Crippen LogP contribution in [0.2, 0.25) is 0 Å². The minimum Gasteiger partial charge on any atom is -0.480 e. The normalized spacial score (nSPS) is 14.2. The Hall–Kier alpha value is -4.13. The lowest BCUT2D eigenvalue weighted by molar-refractivity contribution is -0.142. The quantitative estimate of drug-likeness (QED) is 0.0926. The van der Waals surface area contributed by atoms with Gasteiger partial charge in [0.1, 0.15) is 18.1 Å². The minimum absolute atomic E-state index is 0.0453. The van der Waals surface area contributed by atoms with Crippen molar-refractivity contribution < 1.29 is 24.3 Å². The molecule has 2 aromatic rings. The van der Waals surface area contributed by atoms with Gasteiger partial charge in [0, 0.05) is 30.1 Å². The largest absolute Gasteiger partial charge is 0.480 e. The van der Waals surface area contributed by atoms with Crippen molar-refractivity contribution in [1.29, 1.82) is 0 Å². The van der Waals surface area contributed by atoms with Gasteiger partial charge in [-0.3, -0.25) is 19.4 Å². The van der Waals surface area contributed by atoms with Gasteiger partial charge in [-0.1, -0.05) is 18.2 Å². The molecule has 1 aromatic carbocycles. The molecule has 1 aromatic heterocycles. The summed E-state index contributed by atoms with van der Waals surface area (Å²) in [6, 6.07) is 3.28. The van der Waals surface area contributed by atoms with Gasteiger partial charge < -0.3 is 43.2 Å². The van der Waals surface area contributed by atoms with Crippen molar-refractivity contribution in [1.82, 2.24) is 20.9 Å². The summed E-state index contributed by atoms with van der Waals surface area (Å²) in [4.78, 5) is 56.3. The van der Waals surface area contributed by atoms with E-state index in [2.05, 4.69) is 25.9 Å². The highest BCUT2D eigenvalue weighted by Crippen LogP contribution is 2.19. The number of para-hydroxylation sites is 1. The summed E-state index contributed by atoms with van der Waals surface area (Å²) >= 11 is 0. The molecule has 0 fully saturated rings. The number of amides is 3. The Morgan fingerprint density at radius 2 is 1.67 bits per heavy atom. The van der Waals surface area contributed by atoms with Crippen LogP contribution in [0.4, 0.5) is 0 Å². The van der Waals surface area contributed by atoms with Crippen molar-refractivity contribution in [3.8, 4) is 0 Å². The van der Waals surface area contributed by atoms with Crippen LogP contribution in [0.5, 0.6) is 0 Å². The second-order valence-electron chi connectivity index (χ2n) is 8.49. The van der Waals surface area contributed by atoms with E-state index in [4.69, 9.17) is 17.2 Å². The molecule has 4 unspecified atom stereocenters. The van der Waals surface area contributed by atoms with Crippen LogP contribution in [0.3, 0.4) is 0 Å². The molecule has 13 nitrogen and oxygen atoms in total. The zero-order chi connectivity index (χ0) is 26.8. The van der Waals surface area contributed by atoms with Crippen molar-refractivity contribution in [2.45, 2.75) is 57.3 Å². The lowest BCUT2D eigenvalue weighted by Gasteiger charge is -2.23. The van der Waals surface area contributed by atoms with Crippen LogP contribution in [0.1, 0.15) is 32.3 Å². The number of hydrogen-bond acceptors (Lipinski definition) is 6. The van der Waals surface area contributed by atoms with Gasteiger partial charge in [-0.2, -0.15) is 0 Å². The third-order valence-electron chi connectivity index (χ3n) is 5.46. The molecular weight excluding hydrogens is 468 g/mol. The third kappa shape index (κ3) is 8.27. The zero-order valence-corrected chi connectivity index (χ0v) is 20.3. The monoisotopic (exact) mass is 502 g/mol. The number of carboxylic acid groups (broad SMARTS) is 1. The summed E-state index contributed by atoms with van der Waals surface area (Å²) in [5, 5.41) is 18.0. The van der Waals surface area contributed by atoms with Gasteiger partial charge in [0.05, 0.1) is 6.04 Å². The number of aliphatic imine (C=N–C) groups is 1. The number of fused-ring (bicyclic) bond motifs is 1. The lowest BCUT2D eigenvalue weighted by Crippen LogP contribution is -2.56. The number of carbonyl (C=O) groups is 4. The van der Waals surface area contributed by atoms with E-state index >= 15 is 0 Å². The van der Waals surface area contributed by atoms with Crippen molar-refractivity contribution in [2.24, 2.45) is 22.2 Å². The number of nitrogens with zero attached hydrogens (tertiary/aromatic N) is 1.